The second-order valence-electron chi connectivity index (χ2n) is 9.46. The number of hydrogen-bond donors (Lipinski definition) is 3. The summed E-state index contributed by atoms with van der Waals surface area (Å²) >= 11 is 0. The fourth-order valence-electron chi connectivity index (χ4n) is 4.03. The van der Waals surface area contributed by atoms with Crippen LogP contribution in [0.25, 0.3) is 0 Å². The molecule has 0 spiro atoms. The molecule has 0 saturated carbocycles. The third-order valence-electron chi connectivity index (χ3n) is 6.19. The number of phenols is 1. The van der Waals surface area contributed by atoms with Gasteiger partial charge in [0.1, 0.15) is 11.5 Å². The number of phenolic OH excluding ortho intramolecular Hbond substituents is 1. The molecule has 1 amide bonds. The molecule has 9 nitrogen and oxygen atoms in total. The predicted octanol–water partition coefficient (Wildman–Crippen LogP) is 4.42. The number of aromatic hydroxyl groups is 1. The summed E-state index contributed by atoms with van der Waals surface area (Å²) in [5.41, 5.74) is 1.84. The smallest absolute Gasteiger partial charge is 0.253 e. The van der Waals surface area contributed by atoms with Crippen molar-refractivity contribution < 1.29 is 27.8 Å². The topological polar surface area (TPSA) is 117 Å². The van der Waals surface area contributed by atoms with Crippen LogP contribution in [0.3, 0.4) is 0 Å². The van der Waals surface area contributed by atoms with Gasteiger partial charge in [0, 0.05) is 38.3 Å². The van der Waals surface area contributed by atoms with Crippen LogP contribution in [0.15, 0.2) is 42.5 Å². The first-order valence-electron chi connectivity index (χ1n) is 13.8. The number of sulfonamides is 1. The molecule has 0 bridgehead atoms. The number of unbranched alkanes of at least 4 members (excludes halogenated alkanes) is 3. The highest BCUT2D eigenvalue weighted by atomic mass is 32.2. The van der Waals surface area contributed by atoms with E-state index < -0.39 is 10.0 Å². The average molecular weight is 564 g/mol. The number of benzene rings is 2. The molecule has 0 aliphatic rings. The standard InChI is InChI=1S/C29H45N3O6S/c1-4-32(5-2)29(34)25-12-14-26(15-13-25)38-22-10-21-37-20-9-7-6-8-18-30-19-17-24-11-16-28(33)27(23-24)31-39(3,35)36/h11-16,23,30-31,33H,4-10,17-22H2,1-3H3. The van der Waals surface area contributed by atoms with Gasteiger partial charge in [-0.2, -0.15) is 0 Å². The molecular weight excluding hydrogens is 518 g/mol. The second kappa shape index (κ2) is 17.7. The fraction of sp³-hybridized carbons (Fsp3) is 0.552. The number of nitrogens with one attached hydrogen (secondary N) is 2. The molecular formula is C29H45N3O6S. The minimum Gasteiger partial charge on any atom is -0.506 e. The van der Waals surface area contributed by atoms with Crippen LogP contribution in [-0.2, 0) is 21.2 Å². The lowest BCUT2D eigenvalue weighted by Crippen LogP contribution is -2.30. The van der Waals surface area contributed by atoms with Crippen LogP contribution in [0.4, 0.5) is 5.69 Å². The van der Waals surface area contributed by atoms with E-state index in [0.29, 0.717) is 31.9 Å². The highest BCUT2D eigenvalue weighted by Gasteiger charge is 2.12. The van der Waals surface area contributed by atoms with Gasteiger partial charge in [0.05, 0.1) is 18.6 Å². The largest absolute Gasteiger partial charge is 0.506 e. The van der Waals surface area contributed by atoms with E-state index in [4.69, 9.17) is 9.47 Å². The molecule has 3 N–H and O–H groups in total. The van der Waals surface area contributed by atoms with Crippen molar-refractivity contribution in [2.24, 2.45) is 0 Å². The number of carbonyl (C=O) groups excluding carboxylic acids is 1. The molecule has 2 aromatic carbocycles. The van der Waals surface area contributed by atoms with E-state index in [9.17, 15) is 18.3 Å². The molecule has 218 valence electrons. The lowest BCUT2D eigenvalue weighted by molar-refractivity contribution is 0.0773. The molecule has 0 aliphatic carbocycles. The molecule has 0 heterocycles. The van der Waals surface area contributed by atoms with Crippen LogP contribution < -0.4 is 14.8 Å². The van der Waals surface area contributed by atoms with E-state index in [1.54, 1.807) is 17.0 Å². The molecule has 2 rings (SSSR count). The number of hydrogen-bond acceptors (Lipinski definition) is 7. The summed E-state index contributed by atoms with van der Waals surface area (Å²) in [6.45, 7) is 9.06. The van der Waals surface area contributed by atoms with Gasteiger partial charge in [0.2, 0.25) is 10.0 Å². The monoisotopic (exact) mass is 563 g/mol. The molecule has 10 heteroatoms. The first-order chi connectivity index (χ1) is 18.7. The highest BCUT2D eigenvalue weighted by molar-refractivity contribution is 7.92. The van der Waals surface area contributed by atoms with E-state index >= 15 is 0 Å². The summed E-state index contributed by atoms with van der Waals surface area (Å²) in [6.07, 6.45) is 7.00. The number of carbonyl (C=O) groups is 1. The van der Waals surface area contributed by atoms with Crippen molar-refractivity contribution in [2.75, 3.05) is 57.0 Å². The van der Waals surface area contributed by atoms with Gasteiger partial charge in [0.25, 0.3) is 5.91 Å². The molecule has 2 aromatic rings. The number of anilines is 1. The van der Waals surface area contributed by atoms with Crippen LogP contribution in [0.5, 0.6) is 11.5 Å². The van der Waals surface area contributed by atoms with Gasteiger partial charge in [-0.05, 0) is 88.2 Å². The Morgan fingerprint density at radius 1 is 0.897 bits per heavy atom. The van der Waals surface area contributed by atoms with Crippen LogP contribution >= 0.6 is 0 Å². The molecule has 0 atom stereocenters. The quantitative estimate of drug-likeness (QED) is 0.161. The van der Waals surface area contributed by atoms with Crippen LogP contribution in [0.1, 0.15) is 61.9 Å². The Morgan fingerprint density at radius 2 is 1.59 bits per heavy atom. The number of nitrogens with zero attached hydrogens (tertiary/aromatic N) is 1. The summed E-state index contributed by atoms with van der Waals surface area (Å²) in [7, 11) is -3.43. The van der Waals surface area contributed by atoms with Crippen LogP contribution in [-0.4, -0.2) is 76.6 Å². The Bertz CT molecular complexity index is 1090. The molecule has 0 radical (unpaired) electrons. The summed E-state index contributed by atoms with van der Waals surface area (Å²) in [6, 6.07) is 12.3. The SMILES string of the molecule is CCN(CC)C(=O)c1ccc(OCCCOCCCCCCNCCc2ccc(O)c(NS(C)(=O)=O)c2)cc1. The number of amides is 1. The van der Waals surface area contributed by atoms with Gasteiger partial charge in [-0.1, -0.05) is 18.9 Å². The molecule has 0 saturated heterocycles. The molecule has 0 fully saturated rings. The predicted molar refractivity (Wildman–Crippen MR) is 156 cm³/mol. The van der Waals surface area contributed by atoms with Crippen molar-refractivity contribution in [1.29, 1.82) is 0 Å². The van der Waals surface area contributed by atoms with Gasteiger partial charge >= 0.3 is 0 Å². The maximum Gasteiger partial charge on any atom is 0.253 e. The first-order valence-corrected chi connectivity index (χ1v) is 15.7. The Morgan fingerprint density at radius 3 is 2.28 bits per heavy atom. The fourth-order valence-corrected chi connectivity index (χ4v) is 4.59. The van der Waals surface area contributed by atoms with Gasteiger partial charge < -0.3 is 24.8 Å². The second-order valence-corrected chi connectivity index (χ2v) is 11.2. The van der Waals surface area contributed by atoms with E-state index in [-0.39, 0.29) is 17.3 Å². The van der Waals surface area contributed by atoms with Crippen molar-refractivity contribution in [1.82, 2.24) is 10.2 Å². The van der Waals surface area contributed by atoms with Gasteiger partial charge in [-0.25, -0.2) is 8.42 Å². The van der Waals surface area contributed by atoms with Gasteiger partial charge in [-0.15, -0.1) is 0 Å². The van der Waals surface area contributed by atoms with E-state index in [0.717, 1.165) is 75.8 Å². The van der Waals surface area contributed by atoms with E-state index in [1.165, 1.54) is 6.07 Å². The maximum absolute atomic E-state index is 12.3. The summed E-state index contributed by atoms with van der Waals surface area (Å²) in [5.74, 6) is 0.723. The van der Waals surface area contributed by atoms with Gasteiger partial charge in [0.15, 0.2) is 0 Å². The average Bonchev–Trinajstić information content (AvgIpc) is 2.90. The Balaban J connectivity index is 1.44. The summed E-state index contributed by atoms with van der Waals surface area (Å²) in [5, 5.41) is 13.2. The van der Waals surface area contributed by atoms with Crippen molar-refractivity contribution in [3.8, 4) is 11.5 Å². The third-order valence-corrected chi connectivity index (χ3v) is 6.78. The first kappa shape index (κ1) is 32.4. The lowest BCUT2D eigenvalue weighted by Gasteiger charge is -2.18. The number of rotatable bonds is 20. The Kier molecular flexibility index (Phi) is 14.7. The molecule has 39 heavy (non-hydrogen) atoms. The van der Waals surface area contributed by atoms with E-state index in [2.05, 4.69) is 10.0 Å². The zero-order valence-electron chi connectivity index (χ0n) is 23.6. The molecule has 0 unspecified atom stereocenters. The van der Waals surface area contributed by atoms with Gasteiger partial charge in [-0.3, -0.25) is 9.52 Å². The zero-order chi connectivity index (χ0) is 28.5. The minimum atomic E-state index is -3.43. The number of ether oxygens (including phenoxy) is 2. The highest BCUT2D eigenvalue weighted by Crippen LogP contribution is 2.25. The maximum atomic E-state index is 12.3. The normalized spacial score (nSPS) is 11.4. The summed E-state index contributed by atoms with van der Waals surface area (Å²) in [4.78, 5) is 14.1. The van der Waals surface area contributed by atoms with Crippen LogP contribution in [0.2, 0.25) is 0 Å². The Hall–Kier alpha value is -2.82. The third kappa shape index (κ3) is 13.2. The van der Waals surface area contributed by atoms with Crippen molar-refractivity contribution in [3.05, 3.63) is 53.6 Å². The molecule has 0 aromatic heterocycles. The Labute approximate surface area is 233 Å². The van der Waals surface area contributed by atoms with Crippen molar-refractivity contribution >= 4 is 21.6 Å². The van der Waals surface area contributed by atoms with Crippen LogP contribution in [0, 0.1) is 0 Å². The lowest BCUT2D eigenvalue weighted by atomic mass is 10.1. The summed E-state index contributed by atoms with van der Waals surface area (Å²) < 4.78 is 36.6. The van der Waals surface area contributed by atoms with Crippen molar-refractivity contribution in [3.63, 3.8) is 0 Å². The van der Waals surface area contributed by atoms with Crippen molar-refractivity contribution in [2.45, 2.75) is 52.4 Å². The zero-order valence-corrected chi connectivity index (χ0v) is 24.4. The van der Waals surface area contributed by atoms with E-state index in [1.807, 2.05) is 38.1 Å². The minimum absolute atomic E-state index is 0.0447. The molecule has 0 aliphatic heterocycles.